The SMILES string of the molecule is CCCC(C)COCC(=O)N1CCCNCC1. The standard InChI is InChI=1S/C13H26N2O2/c1-3-5-12(2)10-17-11-13(16)15-8-4-6-14-7-9-15/h12,14H,3-11H2,1-2H3. The summed E-state index contributed by atoms with van der Waals surface area (Å²) in [5.74, 6) is 0.691. The van der Waals surface area contributed by atoms with Crippen LogP contribution in [0.15, 0.2) is 0 Å². The molecule has 0 radical (unpaired) electrons. The fourth-order valence-corrected chi connectivity index (χ4v) is 2.11. The second kappa shape index (κ2) is 8.48. The Bertz CT molecular complexity index is 213. The first-order valence-corrected chi connectivity index (χ1v) is 6.80. The number of amides is 1. The van der Waals surface area contributed by atoms with Gasteiger partial charge in [0.1, 0.15) is 6.61 Å². The Labute approximate surface area is 105 Å². The van der Waals surface area contributed by atoms with Gasteiger partial charge in [-0.05, 0) is 25.3 Å². The number of ether oxygens (including phenoxy) is 1. The summed E-state index contributed by atoms with van der Waals surface area (Å²) < 4.78 is 5.49. The molecule has 17 heavy (non-hydrogen) atoms. The highest BCUT2D eigenvalue weighted by Crippen LogP contribution is 2.05. The Morgan fingerprint density at radius 2 is 2.24 bits per heavy atom. The molecule has 0 bridgehead atoms. The van der Waals surface area contributed by atoms with Gasteiger partial charge in [-0.2, -0.15) is 0 Å². The van der Waals surface area contributed by atoms with Crippen LogP contribution in [-0.2, 0) is 9.53 Å². The van der Waals surface area contributed by atoms with Gasteiger partial charge in [-0.1, -0.05) is 20.3 Å². The van der Waals surface area contributed by atoms with Gasteiger partial charge in [0.2, 0.25) is 5.91 Å². The predicted molar refractivity (Wildman–Crippen MR) is 69.0 cm³/mol. The van der Waals surface area contributed by atoms with E-state index in [0.717, 1.165) is 32.6 Å². The molecule has 0 aliphatic carbocycles. The zero-order chi connectivity index (χ0) is 12.5. The summed E-state index contributed by atoms with van der Waals surface area (Å²) in [5, 5.41) is 3.29. The molecule has 100 valence electrons. The molecule has 4 heteroatoms. The van der Waals surface area contributed by atoms with Gasteiger partial charge in [0.15, 0.2) is 0 Å². The number of carbonyl (C=O) groups is 1. The molecule has 1 unspecified atom stereocenters. The first kappa shape index (κ1) is 14.5. The lowest BCUT2D eigenvalue weighted by Crippen LogP contribution is -2.37. The van der Waals surface area contributed by atoms with Gasteiger partial charge in [-0.3, -0.25) is 4.79 Å². The van der Waals surface area contributed by atoms with Crippen molar-refractivity contribution in [2.75, 3.05) is 39.4 Å². The minimum absolute atomic E-state index is 0.136. The number of carbonyl (C=O) groups excluding carboxylic acids is 1. The minimum atomic E-state index is 0.136. The van der Waals surface area contributed by atoms with Gasteiger partial charge >= 0.3 is 0 Å². The van der Waals surface area contributed by atoms with Crippen molar-refractivity contribution in [1.82, 2.24) is 10.2 Å². The highest BCUT2D eigenvalue weighted by molar-refractivity contribution is 5.77. The third kappa shape index (κ3) is 6.03. The maximum atomic E-state index is 11.9. The van der Waals surface area contributed by atoms with Gasteiger partial charge in [-0.25, -0.2) is 0 Å². The average Bonchev–Trinajstić information content (AvgIpc) is 2.57. The zero-order valence-corrected chi connectivity index (χ0v) is 11.2. The topological polar surface area (TPSA) is 41.6 Å². The van der Waals surface area contributed by atoms with Gasteiger partial charge < -0.3 is 15.0 Å². The lowest BCUT2D eigenvalue weighted by molar-refractivity contribution is -0.136. The van der Waals surface area contributed by atoms with Gasteiger partial charge in [-0.15, -0.1) is 0 Å². The minimum Gasteiger partial charge on any atom is -0.371 e. The first-order chi connectivity index (χ1) is 8.24. The van der Waals surface area contributed by atoms with E-state index >= 15 is 0 Å². The Hall–Kier alpha value is -0.610. The molecule has 1 aliphatic rings. The molecular formula is C13H26N2O2. The second-order valence-corrected chi connectivity index (χ2v) is 4.89. The third-order valence-electron chi connectivity index (χ3n) is 3.10. The van der Waals surface area contributed by atoms with E-state index in [1.54, 1.807) is 0 Å². The van der Waals surface area contributed by atoms with Crippen LogP contribution in [-0.4, -0.2) is 50.2 Å². The highest BCUT2D eigenvalue weighted by Gasteiger charge is 2.15. The lowest BCUT2D eigenvalue weighted by atomic mass is 10.1. The van der Waals surface area contributed by atoms with Crippen molar-refractivity contribution in [3.05, 3.63) is 0 Å². The van der Waals surface area contributed by atoms with Crippen LogP contribution in [0.25, 0.3) is 0 Å². The Kier molecular flexibility index (Phi) is 7.21. The third-order valence-corrected chi connectivity index (χ3v) is 3.10. The molecule has 0 aromatic carbocycles. The fraction of sp³-hybridized carbons (Fsp3) is 0.923. The average molecular weight is 242 g/mol. The van der Waals surface area contributed by atoms with Crippen LogP contribution in [0.1, 0.15) is 33.1 Å². The normalized spacial score (nSPS) is 18.8. The quantitative estimate of drug-likeness (QED) is 0.762. The van der Waals surface area contributed by atoms with Crippen LogP contribution >= 0.6 is 0 Å². The largest absolute Gasteiger partial charge is 0.371 e. The molecule has 1 fully saturated rings. The van der Waals surface area contributed by atoms with Crippen LogP contribution in [0.3, 0.4) is 0 Å². The monoisotopic (exact) mass is 242 g/mol. The second-order valence-electron chi connectivity index (χ2n) is 4.89. The summed E-state index contributed by atoms with van der Waals surface area (Å²) >= 11 is 0. The summed E-state index contributed by atoms with van der Waals surface area (Å²) in [4.78, 5) is 13.8. The van der Waals surface area contributed by atoms with Crippen molar-refractivity contribution in [2.24, 2.45) is 5.92 Å². The molecule has 0 saturated carbocycles. The molecule has 0 spiro atoms. The van der Waals surface area contributed by atoms with Crippen molar-refractivity contribution >= 4 is 5.91 Å². The van der Waals surface area contributed by atoms with Crippen molar-refractivity contribution < 1.29 is 9.53 Å². The Balaban J connectivity index is 2.15. The lowest BCUT2D eigenvalue weighted by Gasteiger charge is -2.20. The van der Waals surface area contributed by atoms with Gasteiger partial charge in [0, 0.05) is 26.2 Å². The van der Waals surface area contributed by atoms with E-state index < -0.39 is 0 Å². The number of hydrogen-bond donors (Lipinski definition) is 1. The summed E-state index contributed by atoms with van der Waals surface area (Å²) in [6, 6.07) is 0. The van der Waals surface area contributed by atoms with Crippen molar-refractivity contribution in [2.45, 2.75) is 33.1 Å². The van der Waals surface area contributed by atoms with Crippen LogP contribution < -0.4 is 5.32 Å². The number of rotatable bonds is 6. The molecule has 1 saturated heterocycles. The smallest absolute Gasteiger partial charge is 0.248 e. The molecule has 4 nitrogen and oxygen atoms in total. The zero-order valence-electron chi connectivity index (χ0n) is 11.2. The molecule has 1 atom stereocenters. The molecular weight excluding hydrogens is 216 g/mol. The first-order valence-electron chi connectivity index (χ1n) is 6.80. The van der Waals surface area contributed by atoms with E-state index in [2.05, 4.69) is 19.2 Å². The van der Waals surface area contributed by atoms with E-state index in [9.17, 15) is 4.79 Å². The Morgan fingerprint density at radius 3 is 3.00 bits per heavy atom. The molecule has 1 amide bonds. The number of nitrogens with one attached hydrogen (secondary N) is 1. The van der Waals surface area contributed by atoms with Crippen molar-refractivity contribution in [3.8, 4) is 0 Å². The van der Waals surface area contributed by atoms with Gasteiger partial charge in [0.05, 0.1) is 0 Å². The molecule has 1 heterocycles. The molecule has 1 N–H and O–H groups in total. The Morgan fingerprint density at radius 1 is 1.41 bits per heavy atom. The molecule has 1 rings (SSSR count). The summed E-state index contributed by atoms with van der Waals surface area (Å²) in [7, 11) is 0. The maximum absolute atomic E-state index is 11.9. The molecule has 0 aromatic rings. The van der Waals surface area contributed by atoms with E-state index in [-0.39, 0.29) is 12.5 Å². The van der Waals surface area contributed by atoms with Crippen molar-refractivity contribution in [3.63, 3.8) is 0 Å². The van der Waals surface area contributed by atoms with Crippen molar-refractivity contribution in [1.29, 1.82) is 0 Å². The molecule has 0 aromatic heterocycles. The van der Waals surface area contributed by atoms with E-state index in [1.165, 1.54) is 12.8 Å². The maximum Gasteiger partial charge on any atom is 0.248 e. The van der Waals surface area contributed by atoms with Crippen LogP contribution in [0.4, 0.5) is 0 Å². The van der Waals surface area contributed by atoms with E-state index in [1.807, 2.05) is 4.90 Å². The van der Waals surface area contributed by atoms with Crippen LogP contribution in [0, 0.1) is 5.92 Å². The fourth-order valence-electron chi connectivity index (χ4n) is 2.11. The van der Waals surface area contributed by atoms with Gasteiger partial charge in [0.25, 0.3) is 0 Å². The van der Waals surface area contributed by atoms with E-state index in [0.29, 0.717) is 12.5 Å². The predicted octanol–water partition coefficient (Wildman–Crippen LogP) is 1.26. The van der Waals surface area contributed by atoms with Crippen LogP contribution in [0.5, 0.6) is 0 Å². The summed E-state index contributed by atoms with van der Waals surface area (Å²) in [6.07, 6.45) is 3.38. The van der Waals surface area contributed by atoms with E-state index in [4.69, 9.17) is 4.74 Å². The number of nitrogens with zero attached hydrogens (tertiary/aromatic N) is 1. The summed E-state index contributed by atoms with van der Waals surface area (Å²) in [5.41, 5.74) is 0. The van der Waals surface area contributed by atoms with Crippen LogP contribution in [0.2, 0.25) is 0 Å². The number of hydrogen-bond acceptors (Lipinski definition) is 3. The highest BCUT2D eigenvalue weighted by atomic mass is 16.5. The molecule has 1 aliphatic heterocycles. The summed E-state index contributed by atoms with van der Waals surface area (Å²) in [6.45, 7) is 8.87.